The molecule has 0 atom stereocenters. The number of rotatable bonds is 4. The van der Waals surface area contributed by atoms with E-state index in [1.807, 2.05) is 72.8 Å². The van der Waals surface area contributed by atoms with Gasteiger partial charge in [-0.1, -0.05) is 109 Å². The number of aromatic nitrogens is 3. The van der Waals surface area contributed by atoms with Gasteiger partial charge in [-0.15, -0.1) is 0 Å². The predicted octanol–water partition coefficient (Wildman–Crippen LogP) is 11.5. The molecule has 10 aromatic rings. The second kappa shape index (κ2) is 10.5. The lowest BCUT2D eigenvalue weighted by Gasteiger charge is -2.08. The molecule has 0 saturated heterocycles. The van der Waals surface area contributed by atoms with Crippen molar-refractivity contribution in [1.29, 1.82) is 0 Å². The van der Waals surface area contributed by atoms with Crippen LogP contribution in [0.4, 0.5) is 0 Å². The lowest BCUT2D eigenvalue weighted by atomic mass is 9.96. The first kappa shape index (κ1) is 26.6. The molecule has 48 heavy (non-hydrogen) atoms. The highest BCUT2D eigenvalue weighted by Crippen LogP contribution is 2.40. The minimum atomic E-state index is 0.595. The molecule has 0 N–H and O–H groups in total. The van der Waals surface area contributed by atoms with E-state index >= 15 is 0 Å². The minimum absolute atomic E-state index is 0.595. The number of hydrogen-bond donors (Lipinski definition) is 0. The fourth-order valence-electron chi connectivity index (χ4n) is 6.83. The Labute approximate surface area is 274 Å². The van der Waals surface area contributed by atoms with E-state index in [4.69, 9.17) is 23.8 Å². The fraction of sp³-hybridized carbons (Fsp3) is 0. The van der Waals surface area contributed by atoms with E-state index in [1.54, 1.807) is 0 Å². The van der Waals surface area contributed by atoms with E-state index in [2.05, 4.69) is 78.9 Å². The number of benzene rings is 7. The first-order valence-corrected chi connectivity index (χ1v) is 15.9. The van der Waals surface area contributed by atoms with Crippen LogP contribution in [0.5, 0.6) is 0 Å². The number of fused-ring (bicyclic) bond motifs is 7. The minimum Gasteiger partial charge on any atom is -0.456 e. The van der Waals surface area contributed by atoms with E-state index in [0.717, 1.165) is 71.7 Å². The number of hydrogen-bond acceptors (Lipinski definition) is 5. The summed E-state index contributed by atoms with van der Waals surface area (Å²) in [6, 6.07) is 51.7. The molecule has 5 heteroatoms. The molecular formula is C43H25N3O2. The molecule has 0 aliphatic carbocycles. The van der Waals surface area contributed by atoms with Crippen LogP contribution in [-0.2, 0) is 0 Å². The summed E-state index contributed by atoms with van der Waals surface area (Å²) < 4.78 is 12.7. The Morgan fingerprint density at radius 2 is 0.875 bits per heavy atom. The third kappa shape index (κ3) is 4.22. The maximum Gasteiger partial charge on any atom is 0.164 e. The van der Waals surface area contributed by atoms with Crippen molar-refractivity contribution in [2.24, 2.45) is 0 Å². The van der Waals surface area contributed by atoms with Crippen molar-refractivity contribution in [3.63, 3.8) is 0 Å². The van der Waals surface area contributed by atoms with Gasteiger partial charge in [0.2, 0.25) is 0 Å². The normalized spacial score (nSPS) is 11.8. The van der Waals surface area contributed by atoms with Crippen LogP contribution in [-0.4, -0.2) is 15.0 Å². The zero-order valence-electron chi connectivity index (χ0n) is 25.6. The quantitative estimate of drug-likeness (QED) is 0.197. The molecule has 0 aliphatic heterocycles. The highest BCUT2D eigenvalue weighted by Gasteiger charge is 2.18. The van der Waals surface area contributed by atoms with Crippen LogP contribution in [0.15, 0.2) is 160 Å². The van der Waals surface area contributed by atoms with Gasteiger partial charge in [0.1, 0.15) is 22.3 Å². The van der Waals surface area contributed by atoms with Crippen LogP contribution in [0.2, 0.25) is 0 Å². The molecule has 0 fully saturated rings. The molecule has 7 aromatic carbocycles. The van der Waals surface area contributed by atoms with E-state index in [0.29, 0.717) is 17.5 Å². The van der Waals surface area contributed by atoms with E-state index in [-0.39, 0.29) is 0 Å². The van der Waals surface area contributed by atoms with Gasteiger partial charge in [-0.2, -0.15) is 0 Å². The topological polar surface area (TPSA) is 65.0 Å². The summed E-state index contributed by atoms with van der Waals surface area (Å²) in [5.74, 6) is 1.81. The van der Waals surface area contributed by atoms with Crippen LogP contribution < -0.4 is 0 Å². The molecule has 0 amide bonds. The number of furan rings is 2. The van der Waals surface area contributed by atoms with Gasteiger partial charge in [-0.25, -0.2) is 15.0 Å². The molecule has 0 saturated carbocycles. The molecule has 3 heterocycles. The molecule has 0 bridgehead atoms. The van der Waals surface area contributed by atoms with Gasteiger partial charge in [0.25, 0.3) is 0 Å². The van der Waals surface area contributed by atoms with E-state index < -0.39 is 0 Å². The Balaban J connectivity index is 1.16. The molecular weight excluding hydrogens is 590 g/mol. The molecule has 10 rings (SSSR count). The van der Waals surface area contributed by atoms with Gasteiger partial charge in [0, 0.05) is 43.8 Å². The Kier molecular flexibility index (Phi) is 5.81. The predicted molar refractivity (Wildman–Crippen MR) is 194 cm³/mol. The van der Waals surface area contributed by atoms with Crippen LogP contribution >= 0.6 is 0 Å². The summed E-state index contributed by atoms with van der Waals surface area (Å²) in [5, 5.41) is 6.55. The van der Waals surface area contributed by atoms with Crippen LogP contribution in [0.25, 0.3) is 99.9 Å². The Bertz CT molecular complexity index is 2840. The van der Waals surface area contributed by atoms with Gasteiger partial charge in [-0.05, 0) is 58.8 Å². The van der Waals surface area contributed by atoms with Crippen molar-refractivity contribution in [3.05, 3.63) is 152 Å². The molecule has 3 aromatic heterocycles. The first-order valence-electron chi connectivity index (χ1n) is 15.9. The number of para-hydroxylation sites is 2. The number of nitrogens with zero attached hydrogens (tertiary/aromatic N) is 3. The average Bonchev–Trinajstić information content (AvgIpc) is 3.72. The second-order valence-electron chi connectivity index (χ2n) is 12.0. The SMILES string of the molecule is c1ccc(-c2nc(-c3ccc4oc5ccccc5c4c3)nc(-c3ccc4oc5c(-c6cccc7ccccc67)cccc5c4c3)n2)cc1. The summed E-state index contributed by atoms with van der Waals surface area (Å²) in [4.78, 5) is 15.0. The highest BCUT2D eigenvalue weighted by molar-refractivity contribution is 6.13. The molecule has 0 aliphatic rings. The van der Waals surface area contributed by atoms with Gasteiger partial charge in [0.05, 0.1) is 0 Å². The summed E-state index contributed by atoms with van der Waals surface area (Å²) in [7, 11) is 0. The fourth-order valence-corrected chi connectivity index (χ4v) is 6.83. The van der Waals surface area contributed by atoms with Crippen molar-refractivity contribution >= 4 is 54.6 Å². The molecule has 5 nitrogen and oxygen atoms in total. The average molecular weight is 616 g/mol. The third-order valence-electron chi connectivity index (χ3n) is 9.14. The van der Waals surface area contributed by atoms with Crippen molar-refractivity contribution < 1.29 is 8.83 Å². The van der Waals surface area contributed by atoms with Crippen LogP contribution in [0, 0.1) is 0 Å². The van der Waals surface area contributed by atoms with Crippen molar-refractivity contribution in [2.75, 3.05) is 0 Å². The Morgan fingerprint density at radius 3 is 1.67 bits per heavy atom. The zero-order chi connectivity index (χ0) is 31.6. The van der Waals surface area contributed by atoms with Gasteiger partial charge >= 0.3 is 0 Å². The lowest BCUT2D eigenvalue weighted by Crippen LogP contribution is -2.00. The standard InChI is InChI=1S/C43H25N3O2/c1-2-11-27(12-3-1)41-44-42(28-20-22-38-35(24-28)32-15-6-7-19-37(32)47-38)46-43(45-41)29-21-23-39-36(25-29)34-18-9-17-33(40(34)48-39)31-16-8-13-26-10-4-5-14-30(26)31/h1-25H. The van der Waals surface area contributed by atoms with Gasteiger partial charge in [-0.3, -0.25) is 0 Å². The summed E-state index contributed by atoms with van der Waals surface area (Å²) >= 11 is 0. The summed E-state index contributed by atoms with van der Waals surface area (Å²) in [5.41, 5.74) is 8.28. The maximum atomic E-state index is 6.57. The lowest BCUT2D eigenvalue weighted by molar-refractivity contribution is 0.669. The monoisotopic (exact) mass is 615 g/mol. The maximum absolute atomic E-state index is 6.57. The smallest absolute Gasteiger partial charge is 0.164 e. The Morgan fingerprint density at radius 1 is 0.333 bits per heavy atom. The third-order valence-corrected chi connectivity index (χ3v) is 9.14. The van der Waals surface area contributed by atoms with Crippen molar-refractivity contribution in [2.45, 2.75) is 0 Å². The van der Waals surface area contributed by atoms with E-state index in [9.17, 15) is 0 Å². The summed E-state index contributed by atoms with van der Waals surface area (Å²) in [6.07, 6.45) is 0. The molecule has 224 valence electrons. The molecule has 0 spiro atoms. The van der Waals surface area contributed by atoms with Crippen LogP contribution in [0.1, 0.15) is 0 Å². The van der Waals surface area contributed by atoms with Gasteiger partial charge in [0.15, 0.2) is 17.5 Å². The van der Waals surface area contributed by atoms with Crippen molar-refractivity contribution in [1.82, 2.24) is 15.0 Å². The zero-order valence-corrected chi connectivity index (χ0v) is 25.6. The largest absolute Gasteiger partial charge is 0.456 e. The molecule has 0 radical (unpaired) electrons. The van der Waals surface area contributed by atoms with Gasteiger partial charge < -0.3 is 8.83 Å². The highest BCUT2D eigenvalue weighted by atomic mass is 16.3. The Hall–Kier alpha value is -6.59. The van der Waals surface area contributed by atoms with Crippen molar-refractivity contribution in [3.8, 4) is 45.3 Å². The summed E-state index contributed by atoms with van der Waals surface area (Å²) in [6.45, 7) is 0. The van der Waals surface area contributed by atoms with Crippen LogP contribution in [0.3, 0.4) is 0 Å². The second-order valence-corrected chi connectivity index (χ2v) is 12.0. The first-order chi connectivity index (χ1) is 23.8. The molecule has 0 unspecified atom stereocenters. The van der Waals surface area contributed by atoms with E-state index in [1.165, 1.54) is 10.8 Å².